The van der Waals surface area contributed by atoms with Gasteiger partial charge in [-0.25, -0.2) is 9.37 Å². The first-order chi connectivity index (χ1) is 9.75. The summed E-state index contributed by atoms with van der Waals surface area (Å²) in [6, 6.07) is 17.2. The number of ether oxygens (including phenoxy) is 1. The van der Waals surface area contributed by atoms with Gasteiger partial charge in [-0.3, -0.25) is 0 Å². The van der Waals surface area contributed by atoms with Gasteiger partial charge in [0.25, 0.3) is 5.71 Å². The number of fused-ring (bicyclic) bond motifs is 1. The lowest BCUT2D eigenvalue weighted by Crippen LogP contribution is -2.35. The molecule has 2 aromatic rings. The summed E-state index contributed by atoms with van der Waals surface area (Å²) in [7, 11) is 1.93. The molecule has 0 aromatic heterocycles. The Hall–Kier alpha value is -2.42. The summed E-state index contributed by atoms with van der Waals surface area (Å²) in [5.41, 5.74) is 2.81. The predicted octanol–water partition coefficient (Wildman–Crippen LogP) is 2.28. The van der Waals surface area contributed by atoms with Gasteiger partial charge in [0.05, 0.1) is 5.56 Å². The molecule has 0 aliphatic carbocycles. The van der Waals surface area contributed by atoms with E-state index in [-0.39, 0.29) is 5.97 Å². The van der Waals surface area contributed by atoms with Crippen LogP contribution in [0.1, 0.15) is 11.1 Å². The molecular weight excluding hydrogens is 250 g/mol. The van der Waals surface area contributed by atoms with E-state index in [9.17, 15) is 4.79 Å². The van der Waals surface area contributed by atoms with E-state index in [2.05, 4.69) is 6.07 Å². The van der Waals surface area contributed by atoms with Gasteiger partial charge in [-0.1, -0.05) is 36.4 Å². The summed E-state index contributed by atoms with van der Waals surface area (Å²) >= 11 is 0. The van der Waals surface area contributed by atoms with Crippen LogP contribution in [-0.4, -0.2) is 29.8 Å². The smallest absolute Gasteiger partial charge is 0.409 e. The molecule has 0 spiro atoms. The van der Waals surface area contributed by atoms with Crippen LogP contribution in [0, 0.1) is 0 Å². The van der Waals surface area contributed by atoms with Crippen LogP contribution in [0.2, 0.25) is 0 Å². The Labute approximate surface area is 118 Å². The van der Waals surface area contributed by atoms with Crippen molar-refractivity contribution in [1.82, 2.24) is 0 Å². The third-order valence-electron chi connectivity index (χ3n) is 3.52. The molecule has 100 valence electrons. The van der Waals surface area contributed by atoms with Crippen molar-refractivity contribution >= 4 is 11.7 Å². The molecule has 3 heteroatoms. The molecule has 0 saturated heterocycles. The van der Waals surface area contributed by atoms with Gasteiger partial charge in [-0.2, -0.15) is 0 Å². The second-order valence-corrected chi connectivity index (χ2v) is 4.88. The molecule has 0 bridgehead atoms. The van der Waals surface area contributed by atoms with Crippen molar-refractivity contribution in [2.45, 2.75) is 6.42 Å². The summed E-state index contributed by atoms with van der Waals surface area (Å²) in [4.78, 5) is 12.4. The molecule has 0 radical (unpaired) electrons. The average Bonchev–Trinajstić information content (AvgIpc) is 2.48. The highest BCUT2D eigenvalue weighted by molar-refractivity contribution is 6.42. The summed E-state index contributed by atoms with van der Waals surface area (Å²) < 4.78 is 7.43. The lowest BCUT2D eigenvalue weighted by atomic mass is 9.97. The maximum Gasteiger partial charge on any atom is 0.409 e. The Kier molecular flexibility index (Phi) is 3.33. The number of rotatable bonds is 2. The molecule has 0 N–H and O–H groups in total. The molecule has 0 saturated carbocycles. The van der Waals surface area contributed by atoms with Crippen LogP contribution in [0.5, 0.6) is 5.75 Å². The first-order valence-electron chi connectivity index (χ1n) is 6.69. The van der Waals surface area contributed by atoms with Gasteiger partial charge in [0.15, 0.2) is 0 Å². The minimum atomic E-state index is -0.300. The first-order valence-corrected chi connectivity index (χ1v) is 6.69. The van der Waals surface area contributed by atoms with Gasteiger partial charge in [0, 0.05) is 6.42 Å². The van der Waals surface area contributed by atoms with Gasteiger partial charge in [-0.05, 0) is 23.8 Å². The van der Waals surface area contributed by atoms with Gasteiger partial charge in [-0.15, -0.1) is 0 Å². The summed E-state index contributed by atoms with van der Waals surface area (Å²) in [6.45, 7) is 0.830. The molecule has 1 aliphatic rings. The monoisotopic (exact) mass is 266 g/mol. The SMILES string of the molecule is C[N+]1=C(C(=O)Oc2ccccc2)c2ccccc2CC1. The predicted molar refractivity (Wildman–Crippen MR) is 77.4 cm³/mol. The quantitative estimate of drug-likeness (QED) is 0.474. The van der Waals surface area contributed by atoms with Crippen LogP contribution in [0.15, 0.2) is 54.6 Å². The van der Waals surface area contributed by atoms with Gasteiger partial charge >= 0.3 is 5.97 Å². The Bertz CT molecular complexity index is 674. The molecule has 2 aromatic carbocycles. The molecule has 0 amide bonds. The number of hydrogen-bond donors (Lipinski definition) is 0. The van der Waals surface area contributed by atoms with Crippen molar-refractivity contribution in [2.75, 3.05) is 13.6 Å². The lowest BCUT2D eigenvalue weighted by molar-refractivity contribution is -0.497. The third-order valence-corrected chi connectivity index (χ3v) is 3.52. The Morgan fingerprint density at radius 3 is 2.55 bits per heavy atom. The topological polar surface area (TPSA) is 29.3 Å². The van der Waals surface area contributed by atoms with Crippen LogP contribution in [0.25, 0.3) is 0 Å². The zero-order valence-corrected chi connectivity index (χ0v) is 11.4. The van der Waals surface area contributed by atoms with E-state index in [4.69, 9.17) is 4.74 Å². The molecule has 3 rings (SSSR count). The normalized spacial score (nSPS) is 13.8. The Morgan fingerprint density at radius 1 is 1.05 bits per heavy atom. The third kappa shape index (κ3) is 2.35. The first kappa shape index (κ1) is 12.6. The maximum absolute atomic E-state index is 12.4. The summed E-state index contributed by atoms with van der Waals surface area (Å²) in [6.07, 6.45) is 0.953. The number of hydrogen-bond acceptors (Lipinski definition) is 2. The van der Waals surface area contributed by atoms with E-state index in [0.717, 1.165) is 18.5 Å². The van der Waals surface area contributed by atoms with Crippen molar-refractivity contribution in [3.05, 3.63) is 65.7 Å². The van der Waals surface area contributed by atoms with Crippen LogP contribution >= 0.6 is 0 Å². The summed E-state index contributed by atoms with van der Waals surface area (Å²) in [5, 5.41) is 0. The highest BCUT2D eigenvalue weighted by Crippen LogP contribution is 2.17. The summed E-state index contributed by atoms with van der Waals surface area (Å²) in [5.74, 6) is 0.271. The van der Waals surface area contributed by atoms with Gasteiger partial charge < -0.3 is 4.74 Å². The zero-order valence-electron chi connectivity index (χ0n) is 11.4. The van der Waals surface area contributed by atoms with Crippen molar-refractivity contribution in [3.63, 3.8) is 0 Å². The van der Waals surface area contributed by atoms with Crippen LogP contribution < -0.4 is 4.74 Å². The zero-order chi connectivity index (χ0) is 13.9. The van der Waals surface area contributed by atoms with Crippen molar-refractivity contribution in [2.24, 2.45) is 0 Å². The van der Waals surface area contributed by atoms with E-state index in [1.54, 1.807) is 12.1 Å². The van der Waals surface area contributed by atoms with E-state index < -0.39 is 0 Å². The highest BCUT2D eigenvalue weighted by Gasteiger charge is 2.31. The Balaban J connectivity index is 1.94. The van der Waals surface area contributed by atoms with Crippen LogP contribution in [0.4, 0.5) is 0 Å². The lowest BCUT2D eigenvalue weighted by Gasteiger charge is -2.15. The van der Waals surface area contributed by atoms with E-state index in [1.807, 2.05) is 48.0 Å². The van der Waals surface area contributed by atoms with E-state index >= 15 is 0 Å². The molecule has 20 heavy (non-hydrogen) atoms. The second kappa shape index (κ2) is 5.29. The average molecular weight is 266 g/mol. The second-order valence-electron chi connectivity index (χ2n) is 4.88. The number of likely N-dealkylation sites (N-methyl/N-ethyl adjacent to an activating group) is 1. The van der Waals surface area contributed by atoms with E-state index in [1.165, 1.54) is 5.56 Å². The standard InChI is InChI=1S/C17H16NO2/c1-18-12-11-13-7-5-6-10-15(13)16(18)17(19)20-14-8-3-2-4-9-14/h2-10H,11-12H2,1H3/q+1. The maximum atomic E-state index is 12.4. The Morgan fingerprint density at radius 2 is 1.75 bits per heavy atom. The molecule has 1 aliphatic heterocycles. The molecule has 1 heterocycles. The number of para-hydroxylation sites is 1. The van der Waals surface area contributed by atoms with Crippen LogP contribution in [0.3, 0.4) is 0 Å². The van der Waals surface area contributed by atoms with Crippen molar-refractivity contribution in [3.8, 4) is 5.75 Å². The fourth-order valence-corrected chi connectivity index (χ4v) is 2.48. The van der Waals surface area contributed by atoms with Gasteiger partial charge in [0.2, 0.25) is 0 Å². The number of carbonyl (C=O) groups excluding carboxylic acids is 1. The van der Waals surface area contributed by atoms with Crippen LogP contribution in [-0.2, 0) is 11.2 Å². The minimum absolute atomic E-state index is 0.300. The highest BCUT2D eigenvalue weighted by atomic mass is 16.5. The molecule has 3 nitrogen and oxygen atoms in total. The number of esters is 1. The molecule has 0 atom stereocenters. The van der Waals surface area contributed by atoms with Gasteiger partial charge in [0.1, 0.15) is 19.3 Å². The fraction of sp³-hybridized carbons (Fsp3) is 0.176. The number of carbonyl (C=O) groups is 1. The minimum Gasteiger partial charge on any atom is -0.419 e. The largest absolute Gasteiger partial charge is 0.419 e. The van der Waals surface area contributed by atoms with Crippen molar-refractivity contribution < 1.29 is 14.1 Å². The fourth-order valence-electron chi connectivity index (χ4n) is 2.48. The number of nitrogens with zero attached hydrogens (tertiary/aromatic N) is 1. The van der Waals surface area contributed by atoms with Crippen molar-refractivity contribution in [1.29, 1.82) is 0 Å². The molecule has 0 unspecified atom stereocenters. The molecule has 0 fully saturated rings. The van der Waals surface area contributed by atoms with E-state index in [0.29, 0.717) is 11.5 Å². The molecular formula is C17H16NO2+. The number of benzene rings is 2.